The molecule has 0 aliphatic carbocycles. The summed E-state index contributed by atoms with van der Waals surface area (Å²) in [6, 6.07) is 13.8. The molecule has 6 nitrogen and oxygen atoms in total. The van der Waals surface area contributed by atoms with Crippen LogP contribution < -0.4 is 5.32 Å². The van der Waals surface area contributed by atoms with E-state index >= 15 is 0 Å². The maximum atomic E-state index is 13.4. The molecule has 0 bridgehead atoms. The van der Waals surface area contributed by atoms with Gasteiger partial charge in [-0.15, -0.1) is 0 Å². The maximum Gasteiger partial charge on any atom is 0.410 e. The van der Waals surface area contributed by atoms with E-state index < -0.39 is 35.2 Å². The second-order valence-corrected chi connectivity index (χ2v) is 10.7. The van der Waals surface area contributed by atoms with Crippen molar-refractivity contribution in [3.05, 3.63) is 59.7 Å². The van der Waals surface area contributed by atoms with Crippen molar-refractivity contribution in [2.75, 3.05) is 13.2 Å². The van der Waals surface area contributed by atoms with Crippen molar-refractivity contribution in [3.63, 3.8) is 0 Å². The molecule has 1 heterocycles. The van der Waals surface area contributed by atoms with E-state index in [9.17, 15) is 19.1 Å². The van der Waals surface area contributed by atoms with Crippen LogP contribution in [0.1, 0.15) is 56.9 Å². The monoisotopic (exact) mass is 524 g/mol. The van der Waals surface area contributed by atoms with E-state index in [1.807, 2.05) is 57.2 Å². The highest BCUT2D eigenvalue weighted by molar-refractivity contribution is 6.53. The van der Waals surface area contributed by atoms with E-state index in [2.05, 4.69) is 5.32 Å². The van der Waals surface area contributed by atoms with Crippen LogP contribution in [0.25, 0.3) is 11.1 Å². The second kappa shape index (κ2) is 11.6. The Hall–Kier alpha value is -2.35. The van der Waals surface area contributed by atoms with Crippen molar-refractivity contribution in [1.82, 2.24) is 10.2 Å². The lowest BCUT2D eigenvalue weighted by Crippen LogP contribution is -2.43. The standard InChI is InChI=1S/C26H31Cl2FN2O4/c1-26(2,3)35-25(34)31-14-4-5-21(31)18-10-6-16(7-11-18)17-8-12-19(13-9-17)22(32)20(15-29)30-24(33)23(27)28/h6-13,20-23,32H,4-5,14-15H2,1-3H3,(H,30,33). The third-order valence-corrected chi connectivity index (χ3v) is 6.23. The number of rotatable bonds is 7. The molecule has 2 aromatic rings. The van der Waals surface area contributed by atoms with Gasteiger partial charge in [-0.1, -0.05) is 71.7 Å². The van der Waals surface area contributed by atoms with Gasteiger partial charge in [0, 0.05) is 6.54 Å². The molecule has 1 saturated heterocycles. The van der Waals surface area contributed by atoms with Gasteiger partial charge >= 0.3 is 6.09 Å². The lowest BCUT2D eigenvalue weighted by molar-refractivity contribution is -0.121. The van der Waals surface area contributed by atoms with Gasteiger partial charge < -0.3 is 20.1 Å². The molecular formula is C26H31Cl2FN2O4. The zero-order chi connectivity index (χ0) is 25.8. The molecule has 2 N–H and O–H groups in total. The average molecular weight is 525 g/mol. The number of benzene rings is 2. The highest BCUT2D eigenvalue weighted by Gasteiger charge is 2.33. The van der Waals surface area contributed by atoms with Crippen molar-refractivity contribution in [2.45, 2.75) is 62.2 Å². The van der Waals surface area contributed by atoms with Crippen LogP contribution in [-0.2, 0) is 9.53 Å². The van der Waals surface area contributed by atoms with E-state index in [0.29, 0.717) is 12.1 Å². The summed E-state index contributed by atoms with van der Waals surface area (Å²) in [6.07, 6.45) is 0.250. The topological polar surface area (TPSA) is 78.9 Å². The van der Waals surface area contributed by atoms with Gasteiger partial charge in [0.25, 0.3) is 5.91 Å². The fourth-order valence-corrected chi connectivity index (χ4v) is 4.23. The first kappa shape index (κ1) is 27.2. The van der Waals surface area contributed by atoms with Gasteiger partial charge in [-0.2, -0.15) is 0 Å². The number of alkyl halides is 3. The van der Waals surface area contributed by atoms with Gasteiger partial charge in [-0.3, -0.25) is 4.79 Å². The number of hydrogen-bond acceptors (Lipinski definition) is 4. The van der Waals surface area contributed by atoms with Crippen LogP contribution in [-0.4, -0.2) is 51.7 Å². The van der Waals surface area contributed by atoms with Gasteiger partial charge in [0.15, 0.2) is 4.84 Å². The van der Waals surface area contributed by atoms with Gasteiger partial charge in [0.05, 0.1) is 12.1 Å². The van der Waals surface area contributed by atoms with Crippen LogP contribution in [0.15, 0.2) is 48.5 Å². The van der Waals surface area contributed by atoms with Crippen molar-refractivity contribution < 1.29 is 23.8 Å². The Bertz CT molecular complexity index is 1010. The maximum absolute atomic E-state index is 13.4. The van der Waals surface area contributed by atoms with Crippen molar-refractivity contribution in [1.29, 1.82) is 0 Å². The van der Waals surface area contributed by atoms with Crippen LogP contribution in [0.4, 0.5) is 9.18 Å². The minimum absolute atomic E-state index is 0.0233. The first-order valence-electron chi connectivity index (χ1n) is 11.5. The molecule has 2 amide bonds. The molecule has 0 radical (unpaired) electrons. The van der Waals surface area contributed by atoms with E-state index in [-0.39, 0.29) is 12.1 Å². The van der Waals surface area contributed by atoms with Gasteiger partial charge in [-0.05, 0) is 55.9 Å². The Kier molecular flexibility index (Phi) is 9.02. The van der Waals surface area contributed by atoms with Crippen molar-refractivity contribution >= 4 is 35.2 Å². The van der Waals surface area contributed by atoms with Crippen molar-refractivity contribution in [2.24, 2.45) is 0 Å². The highest BCUT2D eigenvalue weighted by atomic mass is 35.5. The van der Waals surface area contributed by atoms with Gasteiger partial charge in [-0.25, -0.2) is 9.18 Å². The lowest BCUT2D eigenvalue weighted by atomic mass is 9.97. The molecule has 9 heteroatoms. The van der Waals surface area contributed by atoms with Crippen LogP contribution in [0.5, 0.6) is 0 Å². The van der Waals surface area contributed by atoms with E-state index in [1.165, 1.54) is 0 Å². The molecule has 1 fully saturated rings. The Morgan fingerprint density at radius 2 is 1.69 bits per heavy atom. The molecule has 0 saturated carbocycles. The number of aliphatic hydroxyl groups excluding tert-OH is 1. The summed E-state index contributed by atoms with van der Waals surface area (Å²) in [5.41, 5.74) is 2.82. The minimum atomic E-state index is -1.35. The second-order valence-electron chi connectivity index (χ2n) is 9.59. The average Bonchev–Trinajstić information content (AvgIpc) is 3.31. The summed E-state index contributed by atoms with van der Waals surface area (Å²) in [5.74, 6) is -0.765. The number of ether oxygens (including phenoxy) is 1. The number of likely N-dealkylation sites (tertiary alicyclic amines) is 1. The summed E-state index contributed by atoms with van der Waals surface area (Å²) in [6.45, 7) is 5.27. The fraction of sp³-hybridized carbons (Fsp3) is 0.462. The number of nitrogens with one attached hydrogen (secondary N) is 1. The van der Waals surface area contributed by atoms with Crippen LogP contribution >= 0.6 is 23.2 Å². The molecule has 1 aliphatic heterocycles. The van der Waals surface area contributed by atoms with Crippen LogP contribution in [0, 0.1) is 0 Å². The predicted molar refractivity (Wildman–Crippen MR) is 135 cm³/mol. The molecule has 35 heavy (non-hydrogen) atoms. The molecule has 2 aromatic carbocycles. The molecule has 0 aromatic heterocycles. The molecule has 1 aliphatic rings. The Labute approximate surface area is 215 Å². The molecular weight excluding hydrogens is 494 g/mol. The molecule has 3 atom stereocenters. The number of aliphatic hydroxyl groups is 1. The number of amides is 2. The molecule has 3 unspecified atom stereocenters. The number of carbonyl (C=O) groups is 2. The number of halogens is 3. The third kappa shape index (κ3) is 7.09. The fourth-order valence-electron chi connectivity index (χ4n) is 4.10. The SMILES string of the molecule is CC(C)(C)OC(=O)N1CCCC1c1ccc(-c2ccc(C(O)C(CF)NC(=O)C(Cl)Cl)cc2)cc1. The number of hydrogen-bond donors (Lipinski definition) is 2. The van der Waals surface area contributed by atoms with E-state index in [0.717, 1.165) is 29.5 Å². The van der Waals surface area contributed by atoms with Crippen LogP contribution in [0.2, 0.25) is 0 Å². The smallest absolute Gasteiger partial charge is 0.410 e. The summed E-state index contributed by atoms with van der Waals surface area (Å²) < 4.78 is 19.0. The third-order valence-electron chi connectivity index (χ3n) is 5.84. The van der Waals surface area contributed by atoms with Crippen molar-refractivity contribution in [3.8, 4) is 11.1 Å². The quantitative estimate of drug-likeness (QED) is 0.454. The normalized spacial score (nSPS) is 17.8. The summed E-state index contributed by atoms with van der Waals surface area (Å²) in [4.78, 5) is 24.7. The zero-order valence-corrected chi connectivity index (χ0v) is 21.5. The number of carbonyl (C=O) groups excluding carboxylic acids is 2. The minimum Gasteiger partial charge on any atom is -0.444 e. The van der Waals surface area contributed by atoms with E-state index in [4.69, 9.17) is 27.9 Å². The first-order valence-corrected chi connectivity index (χ1v) is 12.4. The Morgan fingerprint density at radius 1 is 1.11 bits per heavy atom. The summed E-state index contributed by atoms with van der Waals surface area (Å²) in [7, 11) is 0. The van der Waals surface area contributed by atoms with Crippen LogP contribution in [0.3, 0.4) is 0 Å². The summed E-state index contributed by atoms with van der Waals surface area (Å²) >= 11 is 11.0. The van der Waals surface area contributed by atoms with E-state index in [1.54, 1.807) is 17.0 Å². The Morgan fingerprint density at radius 3 is 2.20 bits per heavy atom. The lowest BCUT2D eigenvalue weighted by Gasteiger charge is -2.29. The van der Waals surface area contributed by atoms with Gasteiger partial charge in [0.2, 0.25) is 0 Å². The highest BCUT2D eigenvalue weighted by Crippen LogP contribution is 2.34. The first-order chi connectivity index (χ1) is 16.5. The molecule has 3 rings (SSSR count). The largest absolute Gasteiger partial charge is 0.444 e. The predicted octanol–water partition coefficient (Wildman–Crippen LogP) is 5.72. The van der Waals surface area contributed by atoms with Gasteiger partial charge in [0.1, 0.15) is 18.4 Å². The molecule has 190 valence electrons. The summed E-state index contributed by atoms with van der Waals surface area (Å²) in [5, 5.41) is 12.8. The molecule has 0 spiro atoms. The number of nitrogens with zero attached hydrogens (tertiary/aromatic N) is 1. The zero-order valence-electron chi connectivity index (χ0n) is 20.0. The Balaban J connectivity index is 1.69.